The van der Waals surface area contributed by atoms with Gasteiger partial charge in [-0.05, 0) is 12.1 Å². The van der Waals surface area contributed by atoms with Crippen LogP contribution in [0.3, 0.4) is 0 Å². The number of rotatable bonds is 9. The summed E-state index contributed by atoms with van der Waals surface area (Å²) >= 11 is 0. The molecular formula is C23H21F2N5O4. The van der Waals surface area contributed by atoms with Gasteiger partial charge in [0.05, 0.1) is 51.3 Å². The van der Waals surface area contributed by atoms with Gasteiger partial charge in [-0.3, -0.25) is 0 Å². The van der Waals surface area contributed by atoms with E-state index >= 15 is 0 Å². The van der Waals surface area contributed by atoms with Crippen LogP contribution in [0.1, 0.15) is 5.56 Å². The van der Waals surface area contributed by atoms with Crippen molar-refractivity contribution in [3.63, 3.8) is 0 Å². The number of ether oxygens (including phenoxy) is 4. The van der Waals surface area contributed by atoms with Crippen molar-refractivity contribution in [2.24, 2.45) is 0 Å². The molecule has 34 heavy (non-hydrogen) atoms. The number of methoxy groups -OCH3 is 3. The molecule has 2 heterocycles. The zero-order valence-electron chi connectivity index (χ0n) is 18.6. The van der Waals surface area contributed by atoms with Gasteiger partial charge in [0, 0.05) is 30.2 Å². The molecule has 0 amide bonds. The first-order valence-corrected chi connectivity index (χ1v) is 10.0. The van der Waals surface area contributed by atoms with E-state index < -0.39 is 18.2 Å². The molecule has 0 fully saturated rings. The summed E-state index contributed by atoms with van der Waals surface area (Å²) in [6, 6.07) is 6.64. The number of benzene rings is 2. The molecule has 0 radical (unpaired) electrons. The Morgan fingerprint density at radius 2 is 1.59 bits per heavy atom. The lowest BCUT2D eigenvalue weighted by atomic mass is 10.1. The maximum Gasteiger partial charge on any atom is 0.227 e. The Balaban J connectivity index is 1.45. The highest BCUT2D eigenvalue weighted by Gasteiger charge is 2.20. The largest absolute Gasteiger partial charge is 0.494 e. The molecule has 0 atom stereocenters. The number of halogens is 2. The van der Waals surface area contributed by atoms with Crippen molar-refractivity contribution in [2.45, 2.75) is 6.61 Å². The minimum Gasteiger partial charge on any atom is -0.494 e. The van der Waals surface area contributed by atoms with Gasteiger partial charge in [-0.1, -0.05) is 0 Å². The number of hydrogen-bond donors (Lipinski definition) is 1. The molecule has 11 heteroatoms. The molecular weight excluding hydrogens is 448 g/mol. The van der Waals surface area contributed by atoms with Crippen LogP contribution in [0.15, 0.2) is 55.4 Å². The molecule has 4 aromatic rings. The highest BCUT2D eigenvalue weighted by atomic mass is 19.1. The van der Waals surface area contributed by atoms with Crippen molar-refractivity contribution in [2.75, 3.05) is 26.6 Å². The van der Waals surface area contributed by atoms with Gasteiger partial charge in [-0.25, -0.2) is 23.7 Å². The van der Waals surface area contributed by atoms with E-state index in [0.717, 1.165) is 11.8 Å². The Bertz CT molecular complexity index is 1240. The second-order valence-electron chi connectivity index (χ2n) is 6.90. The smallest absolute Gasteiger partial charge is 0.227 e. The van der Waals surface area contributed by atoms with E-state index in [4.69, 9.17) is 18.9 Å². The molecule has 0 aliphatic rings. The summed E-state index contributed by atoms with van der Waals surface area (Å²) in [7, 11) is 4.13. The van der Waals surface area contributed by atoms with Crippen LogP contribution in [0, 0.1) is 11.6 Å². The fraction of sp³-hybridized carbons (Fsp3) is 0.174. The van der Waals surface area contributed by atoms with Gasteiger partial charge in [0.1, 0.15) is 12.4 Å². The molecule has 0 saturated heterocycles. The second kappa shape index (κ2) is 10.0. The SMILES string of the molecule is COc1cc(Nc2ncc(OCc3c(F)c(OC)cc(OC)c3F)cn2)ccc1-n1ccnc1. The first-order valence-electron chi connectivity index (χ1n) is 10.0. The highest BCUT2D eigenvalue weighted by molar-refractivity contribution is 5.61. The average molecular weight is 469 g/mol. The number of nitrogens with one attached hydrogen (secondary N) is 1. The minimum atomic E-state index is -0.868. The van der Waals surface area contributed by atoms with Gasteiger partial charge in [-0.15, -0.1) is 0 Å². The molecule has 2 aromatic carbocycles. The van der Waals surface area contributed by atoms with E-state index in [1.807, 2.05) is 22.9 Å². The molecule has 9 nitrogen and oxygen atoms in total. The Kier molecular flexibility index (Phi) is 6.72. The minimum absolute atomic E-state index is 0.151. The van der Waals surface area contributed by atoms with Crippen LogP contribution in [0.5, 0.6) is 23.0 Å². The number of nitrogens with zero attached hydrogens (tertiary/aromatic N) is 4. The molecule has 1 N–H and O–H groups in total. The summed E-state index contributed by atoms with van der Waals surface area (Å²) in [6.07, 6.45) is 7.94. The quantitative estimate of drug-likeness (QED) is 0.388. The summed E-state index contributed by atoms with van der Waals surface area (Å²) in [4.78, 5) is 12.4. The molecule has 0 saturated carbocycles. The Labute approximate surface area is 193 Å². The fourth-order valence-corrected chi connectivity index (χ4v) is 3.17. The van der Waals surface area contributed by atoms with Crippen LogP contribution in [-0.2, 0) is 6.61 Å². The van der Waals surface area contributed by atoms with Crippen LogP contribution < -0.4 is 24.3 Å². The van der Waals surface area contributed by atoms with Gasteiger partial charge in [0.2, 0.25) is 5.95 Å². The standard InChI is InChI=1S/C23H21F2N5O4/c1-31-18-8-14(4-5-17(18)30-7-6-26-13-30)29-23-27-10-15(11-28-23)34-12-16-21(24)19(32-2)9-20(33-3)22(16)25/h4-11,13H,12H2,1-3H3,(H,27,28,29). The van der Waals surface area contributed by atoms with E-state index in [9.17, 15) is 8.78 Å². The van der Waals surface area contributed by atoms with Crippen LogP contribution in [0.25, 0.3) is 5.69 Å². The molecule has 0 aliphatic carbocycles. The van der Waals surface area contributed by atoms with Gasteiger partial charge in [0.25, 0.3) is 0 Å². The van der Waals surface area contributed by atoms with Crippen molar-refractivity contribution in [1.82, 2.24) is 19.5 Å². The zero-order chi connectivity index (χ0) is 24.1. The predicted octanol–water partition coefficient (Wildman–Crippen LogP) is 4.29. The topological polar surface area (TPSA) is 92.5 Å². The zero-order valence-corrected chi connectivity index (χ0v) is 18.6. The lowest BCUT2D eigenvalue weighted by molar-refractivity contribution is 0.280. The van der Waals surface area contributed by atoms with Crippen molar-refractivity contribution in [3.8, 4) is 28.7 Å². The van der Waals surface area contributed by atoms with E-state index in [-0.39, 0.29) is 22.8 Å². The molecule has 0 bridgehead atoms. The molecule has 4 rings (SSSR count). The summed E-state index contributed by atoms with van der Waals surface area (Å²) in [5.41, 5.74) is 1.19. The van der Waals surface area contributed by atoms with Crippen LogP contribution in [0.2, 0.25) is 0 Å². The average Bonchev–Trinajstić information content (AvgIpc) is 3.40. The second-order valence-corrected chi connectivity index (χ2v) is 6.90. The Hall–Kier alpha value is -4.41. The summed E-state index contributed by atoms with van der Waals surface area (Å²) < 4.78 is 51.6. The van der Waals surface area contributed by atoms with Gasteiger partial charge < -0.3 is 28.8 Å². The van der Waals surface area contributed by atoms with E-state index in [2.05, 4.69) is 20.3 Å². The Morgan fingerprint density at radius 1 is 0.912 bits per heavy atom. The lowest BCUT2D eigenvalue weighted by Gasteiger charge is -2.13. The fourth-order valence-electron chi connectivity index (χ4n) is 3.17. The maximum absolute atomic E-state index is 14.5. The third-order valence-electron chi connectivity index (χ3n) is 4.89. The molecule has 0 unspecified atom stereocenters. The Morgan fingerprint density at radius 3 is 2.18 bits per heavy atom. The van der Waals surface area contributed by atoms with Crippen LogP contribution in [0.4, 0.5) is 20.4 Å². The monoisotopic (exact) mass is 469 g/mol. The number of anilines is 2. The lowest BCUT2D eigenvalue weighted by Crippen LogP contribution is -2.06. The van der Waals surface area contributed by atoms with Crippen molar-refractivity contribution in [1.29, 1.82) is 0 Å². The highest BCUT2D eigenvalue weighted by Crippen LogP contribution is 2.32. The summed E-state index contributed by atoms with van der Waals surface area (Å²) in [5, 5.41) is 3.06. The molecule has 2 aromatic heterocycles. The maximum atomic E-state index is 14.5. The van der Waals surface area contributed by atoms with Crippen molar-refractivity contribution < 1.29 is 27.7 Å². The molecule has 0 aliphatic heterocycles. The molecule has 0 spiro atoms. The van der Waals surface area contributed by atoms with Crippen LogP contribution in [-0.4, -0.2) is 40.8 Å². The predicted molar refractivity (Wildman–Crippen MR) is 119 cm³/mol. The normalized spacial score (nSPS) is 10.6. The van der Waals surface area contributed by atoms with E-state index in [1.54, 1.807) is 25.7 Å². The van der Waals surface area contributed by atoms with Crippen LogP contribution >= 0.6 is 0 Å². The number of imidazole rings is 1. The van der Waals surface area contributed by atoms with E-state index in [0.29, 0.717) is 17.4 Å². The third-order valence-corrected chi connectivity index (χ3v) is 4.89. The van der Waals surface area contributed by atoms with Gasteiger partial charge >= 0.3 is 0 Å². The van der Waals surface area contributed by atoms with Crippen molar-refractivity contribution >= 4 is 11.6 Å². The first-order chi connectivity index (χ1) is 16.5. The van der Waals surface area contributed by atoms with Gasteiger partial charge in [-0.2, -0.15) is 0 Å². The number of hydrogen-bond acceptors (Lipinski definition) is 8. The third kappa shape index (κ3) is 4.68. The summed E-state index contributed by atoms with van der Waals surface area (Å²) in [5.74, 6) is -0.893. The molecule has 176 valence electrons. The summed E-state index contributed by atoms with van der Waals surface area (Å²) in [6.45, 7) is -0.408. The van der Waals surface area contributed by atoms with E-state index in [1.165, 1.54) is 26.6 Å². The number of aromatic nitrogens is 4. The van der Waals surface area contributed by atoms with Gasteiger partial charge in [0.15, 0.2) is 28.9 Å². The first kappa shape index (κ1) is 22.8. The van der Waals surface area contributed by atoms with Crippen molar-refractivity contribution in [3.05, 3.63) is 72.6 Å².